The van der Waals surface area contributed by atoms with Crippen molar-refractivity contribution in [1.29, 1.82) is 0 Å². The number of rotatable bonds is 3. The molecular weight excluding hydrogens is 186 g/mol. The standard InChI is InChI=1S/C12H19N3/c1-2-8-14-12(4-1)10-15-11-5-3-7-13-9-6-11/h1-2,4,8,11,13,15H,3,5-7,9-10H2. The minimum atomic E-state index is 0.655. The zero-order chi connectivity index (χ0) is 10.3. The third kappa shape index (κ3) is 3.61. The fourth-order valence-corrected chi connectivity index (χ4v) is 1.97. The molecule has 0 spiro atoms. The Labute approximate surface area is 91.3 Å². The number of nitrogens with one attached hydrogen (secondary N) is 2. The molecule has 3 heteroatoms. The summed E-state index contributed by atoms with van der Waals surface area (Å²) in [5.41, 5.74) is 1.13. The molecule has 0 amide bonds. The van der Waals surface area contributed by atoms with Crippen LogP contribution in [0, 0.1) is 0 Å². The van der Waals surface area contributed by atoms with Crippen LogP contribution in [0.1, 0.15) is 25.0 Å². The van der Waals surface area contributed by atoms with Crippen molar-refractivity contribution in [2.45, 2.75) is 31.8 Å². The summed E-state index contributed by atoms with van der Waals surface area (Å²) in [6, 6.07) is 6.72. The van der Waals surface area contributed by atoms with Crippen molar-refractivity contribution in [3.63, 3.8) is 0 Å². The lowest BCUT2D eigenvalue weighted by Crippen LogP contribution is -2.29. The number of hydrogen-bond acceptors (Lipinski definition) is 3. The zero-order valence-electron chi connectivity index (χ0n) is 9.08. The molecule has 0 radical (unpaired) electrons. The molecule has 15 heavy (non-hydrogen) atoms. The molecule has 1 aromatic heterocycles. The smallest absolute Gasteiger partial charge is 0.0541 e. The van der Waals surface area contributed by atoms with E-state index in [9.17, 15) is 0 Å². The fourth-order valence-electron chi connectivity index (χ4n) is 1.97. The highest BCUT2D eigenvalue weighted by atomic mass is 15.0. The maximum atomic E-state index is 4.31. The van der Waals surface area contributed by atoms with Crippen LogP contribution in [0.3, 0.4) is 0 Å². The first kappa shape index (κ1) is 10.6. The molecule has 1 fully saturated rings. The van der Waals surface area contributed by atoms with E-state index in [2.05, 4.69) is 21.7 Å². The number of nitrogens with zero attached hydrogens (tertiary/aromatic N) is 1. The van der Waals surface area contributed by atoms with E-state index in [0.717, 1.165) is 18.8 Å². The Hall–Kier alpha value is -0.930. The lowest BCUT2D eigenvalue weighted by molar-refractivity contribution is 0.465. The average molecular weight is 205 g/mol. The van der Waals surface area contributed by atoms with Crippen LogP contribution >= 0.6 is 0 Å². The van der Waals surface area contributed by atoms with E-state index in [1.54, 1.807) is 0 Å². The summed E-state index contributed by atoms with van der Waals surface area (Å²) in [6.07, 6.45) is 5.64. The lowest BCUT2D eigenvalue weighted by Gasteiger charge is -2.15. The van der Waals surface area contributed by atoms with Crippen molar-refractivity contribution in [1.82, 2.24) is 15.6 Å². The first-order chi connectivity index (χ1) is 7.45. The molecular formula is C12H19N3. The maximum absolute atomic E-state index is 4.31. The van der Waals surface area contributed by atoms with Gasteiger partial charge in [-0.15, -0.1) is 0 Å². The molecule has 82 valence electrons. The van der Waals surface area contributed by atoms with Crippen LogP contribution in [-0.4, -0.2) is 24.1 Å². The molecule has 1 atom stereocenters. The minimum Gasteiger partial charge on any atom is -0.317 e. The summed E-state index contributed by atoms with van der Waals surface area (Å²) < 4.78 is 0. The van der Waals surface area contributed by atoms with E-state index in [1.165, 1.54) is 25.8 Å². The van der Waals surface area contributed by atoms with Gasteiger partial charge in [0.1, 0.15) is 0 Å². The zero-order valence-corrected chi connectivity index (χ0v) is 9.08. The van der Waals surface area contributed by atoms with Gasteiger partial charge in [-0.3, -0.25) is 4.98 Å². The van der Waals surface area contributed by atoms with Gasteiger partial charge < -0.3 is 10.6 Å². The molecule has 2 rings (SSSR count). The molecule has 1 aromatic rings. The molecule has 1 aliphatic heterocycles. The second-order valence-electron chi connectivity index (χ2n) is 4.08. The molecule has 0 aromatic carbocycles. The predicted octanol–water partition coefficient (Wildman–Crippen LogP) is 1.31. The quantitative estimate of drug-likeness (QED) is 0.781. The van der Waals surface area contributed by atoms with E-state index >= 15 is 0 Å². The molecule has 1 aliphatic rings. The summed E-state index contributed by atoms with van der Waals surface area (Å²) in [5, 5.41) is 7.00. The monoisotopic (exact) mass is 205 g/mol. The van der Waals surface area contributed by atoms with Crippen LogP contribution < -0.4 is 10.6 Å². The van der Waals surface area contributed by atoms with Gasteiger partial charge in [-0.05, 0) is 44.5 Å². The van der Waals surface area contributed by atoms with Gasteiger partial charge in [-0.1, -0.05) is 6.07 Å². The molecule has 0 saturated carbocycles. The summed E-state index contributed by atoms with van der Waals surface area (Å²) in [4.78, 5) is 4.31. The number of pyridine rings is 1. The van der Waals surface area contributed by atoms with E-state index in [-0.39, 0.29) is 0 Å². The molecule has 2 N–H and O–H groups in total. The van der Waals surface area contributed by atoms with Gasteiger partial charge in [0.15, 0.2) is 0 Å². The summed E-state index contributed by atoms with van der Waals surface area (Å²) in [5.74, 6) is 0. The van der Waals surface area contributed by atoms with Gasteiger partial charge in [0, 0.05) is 18.8 Å². The highest BCUT2D eigenvalue weighted by Crippen LogP contribution is 2.05. The SMILES string of the molecule is c1ccc(CNC2CCCNCC2)nc1. The van der Waals surface area contributed by atoms with Crippen molar-refractivity contribution in [3.8, 4) is 0 Å². The van der Waals surface area contributed by atoms with Crippen molar-refractivity contribution >= 4 is 0 Å². The van der Waals surface area contributed by atoms with E-state index in [4.69, 9.17) is 0 Å². The highest BCUT2D eigenvalue weighted by molar-refractivity contribution is 5.03. The van der Waals surface area contributed by atoms with Crippen LogP contribution in [0.15, 0.2) is 24.4 Å². The summed E-state index contributed by atoms with van der Waals surface area (Å²) >= 11 is 0. The van der Waals surface area contributed by atoms with Crippen molar-refractivity contribution in [2.75, 3.05) is 13.1 Å². The van der Waals surface area contributed by atoms with E-state index in [1.807, 2.05) is 18.3 Å². The molecule has 0 bridgehead atoms. The fraction of sp³-hybridized carbons (Fsp3) is 0.583. The maximum Gasteiger partial charge on any atom is 0.0541 e. The normalized spacial score (nSPS) is 22.3. The van der Waals surface area contributed by atoms with Crippen molar-refractivity contribution in [3.05, 3.63) is 30.1 Å². The van der Waals surface area contributed by atoms with Gasteiger partial charge in [0.25, 0.3) is 0 Å². The second-order valence-corrected chi connectivity index (χ2v) is 4.08. The predicted molar refractivity (Wildman–Crippen MR) is 61.6 cm³/mol. The third-order valence-electron chi connectivity index (χ3n) is 2.87. The Morgan fingerprint density at radius 1 is 1.33 bits per heavy atom. The second kappa shape index (κ2) is 5.83. The Morgan fingerprint density at radius 3 is 3.20 bits per heavy atom. The van der Waals surface area contributed by atoms with Gasteiger partial charge in [0.05, 0.1) is 5.69 Å². The number of hydrogen-bond donors (Lipinski definition) is 2. The van der Waals surface area contributed by atoms with Crippen LogP contribution in [0.2, 0.25) is 0 Å². The molecule has 1 unspecified atom stereocenters. The van der Waals surface area contributed by atoms with Gasteiger partial charge in [-0.2, -0.15) is 0 Å². The van der Waals surface area contributed by atoms with Gasteiger partial charge >= 0.3 is 0 Å². The third-order valence-corrected chi connectivity index (χ3v) is 2.87. The topological polar surface area (TPSA) is 37.0 Å². The summed E-state index contributed by atoms with van der Waals surface area (Å²) in [7, 11) is 0. The molecule has 1 saturated heterocycles. The lowest BCUT2D eigenvalue weighted by atomic mass is 10.1. The Morgan fingerprint density at radius 2 is 2.33 bits per heavy atom. The average Bonchev–Trinajstić information content (AvgIpc) is 2.56. The van der Waals surface area contributed by atoms with Crippen LogP contribution in [0.4, 0.5) is 0 Å². The van der Waals surface area contributed by atoms with Gasteiger partial charge in [0.2, 0.25) is 0 Å². The van der Waals surface area contributed by atoms with Crippen LogP contribution in [-0.2, 0) is 6.54 Å². The first-order valence-electron chi connectivity index (χ1n) is 5.79. The Bertz CT molecular complexity index is 265. The summed E-state index contributed by atoms with van der Waals surface area (Å²) in [6.45, 7) is 3.20. The molecule has 3 nitrogen and oxygen atoms in total. The Balaban J connectivity index is 1.77. The molecule has 2 heterocycles. The van der Waals surface area contributed by atoms with E-state index < -0.39 is 0 Å². The van der Waals surface area contributed by atoms with Crippen LogP contribution in [0.25, 0.3) is 0 Å². The Kier molecular flexibility index (Phi) is 4.11. The minimum absolute atomic E-state index is 0.655. The van der Waals surface area contributed by atoms with E-state index in [0.29, 0.717) is 6.04 Å². The highest BCUT2D eigenvalue weighted by Gasteiger charge is 2.10. The van der Waals surface area contributed by atoms with Crippen molar-refractivity contribution in [2.24, 2.45) is 0 Å². The number of aromatic nitrogens is 1. The largest absolute Gasteiger partial charge is 0.317 e. The van der Waals surface area contributed by atoms with Crippen LogP contribution in [0.5, 0.6) is 0 Å². The van der Waals surface area contributed by atoms with Crippen molar-refractivity contribution < 1.29 is 0 Å². The molecule has 0 aliphatic carbocycles. The first-order valence-corrected chi connectivity index (χ1v) is 5.79. The van der Waals surface area contributed by atoms with Gasteiger partial charge in [-0.25, -0.2) is 0 Å².